The van der Waals surface area contributed by atoms with Gasteiger partial charge in [0, 0.05) is 19.3 Å². The van der Waals surface area contributed by atoms with Crippen LogP contribution in [0.1, 0.15) is 13.8 Å². The first kappa shape index (κ1) is 15.5. The lowest BCUT2D eigenvalue weighted by Crippen LogP contribution is -2.39. The van der Waals surface area contributed by atoms with Crippen molar-refractivity contribution in [2.24, 2.45) is 10.6 Å². The topological polar surface area (TPSA) is 101 Å². The van der Waals surface area contributed by atoms with Gasteiger partial charge >= 0.3 is 0 Å². The van der Waals surface area contributed by atoms with E-state index < -0.39 is 15.4 Å². The average molecular weight is 285 g/mol. The van der Waals surface area contributed by atoms with Crippen molar-refractivity contribution in [2.75, 3.05) is 18.9 Å². The lowest BCUT2D eigenvalue weighted by atomic mass is 9.92. The van der Waals surface area contributed by atoms with Crippen molar-refractivity contribution in [3.05, 3.63) is 24.3 Å². The normalized spacial score (nSPS) is 12.0. The zero-order chi connectivity index (χ0) is 14.7. The molecule has 0 unspecified atom stereocenters. The number of anilines is 1. The third-order valence-corrected chi connectivity index (χ3v) is 3.69. The van der Waals surface area contributed by atoms with E-state index in [1.165, 1.54) is 12.1 Å². The average Bonchev–Trinajstić information content (AvgIpc) is 2.35. The Hall–Kier alpha value is -1.60. The molecule has 0 atom stereocenters. The smallest absolute Gasteiger partial charge is 0.238 e. The maximum absolute atomic E-state index is 11.6. The molecule has 4 N–H and O–H groups in total. The number of hydrogen-bond acceptors (Lipinski definition) is 4. The molecule has 0 spiro atoms. The highest BCUT2D eigenvalue weighted by Gasteiger charge is 2.26. The zero-order valence-corrected chi connectivity index (χ0v) is 12.0. The van der Waals surface area contributed by atoms with Crippen LogP contribution in [0.3, 0.4) is 0 Å². The number of rotatable bonds is 5. The van der Waals surface area contributed by atoms with Gasteiger partial charge in [-0.3, -0.25) is 4.79 Å². The first-order valence-electron chi connectivity index (χ1n) is 5.76. The van der Waals surface area contributed by atoms with Gasteiger partial charge in [0.2, 0.25) is 15.9 Å². The summed E-state index contributed by atoms with van der Waals surface area (Å²) in [5.74, 6) is -0.0684. The minimum Gasteiger partial charge on any atom is -0.384 e. The number of carbonyl (C=O) groups is 1. The van der Waals surface area contributed by atoms with Crippen LogP contribution in [0.4, 0.5) is 5.69 Å². The fourth-order valence-electron chi connectivity index (χ4n) is 1.50. The van der Waals surface area contributed by atoms with Gasteiger partial charge in [-0.1, -0.05) is 0 Å². The summed E-state index contributed by atoms with van der Waals surface area (Å²) in [6, 6.07) is 6.06. The van der Waals surface area contributed by atoms with Crippen molar-refractivity contribution in [3.63, 3.8) is 0 Å². The van der Waals surface area contributed by atoms with E-state index in [9.17, 15) is 13.2 Å². The number of hydrogen-bond donors (Lipinski definition) is 3. The predicted molar refractivity (Wildman–Crippen MR) is 74.2 cm³/mol. The summed E-state index contributed by atoms with van der Waals surface area (Å²) in [6.07, 6.45) is 0. The highest BCUT2D eigenvalue weighted by atomic mass is 32.2. The van der Waals surface area contributed by atoms with Crippen LogP contribution in [0.2, 0.25) is 0 Å². The van der Waals surface area contributed by atoms with Crippen molar-refractivity contribution in [1.82, 2.24) is 5.32 Å². The van der Waals surface area contributed by atoms with E-state index in [2.05, 4.69) is 10.6 Å². The molecule has 0 aliphatic carbocycles. The molecular formula is C12H19N3O3S. The van der Waals surface area contributed by atoms with Gasteiger partial charge in [-0.2, -0.15) is 0 Å². The van der Waals surface area contributed by atoms with Crippen molar-refractivity contribution in [2.45, 2.75) is 18.7 Å². The van der Waals surface area contributed by atoms with Crippen LogP contribution in [0, 0.1) is 5.41 Å². The fraction of sp³-hybridized carbons (Fsp3) is 0.417. The number of nitrogens with one attached hydrogen (secondary N) is 2. The molecule has 0 aliphatic heterocycles. The Kier molecular flexibility index (Phi) is 4.54. The molecule has 19 heavy (non-hydrogen) atoms. The summed E-state index contributed by atoms with van der Waals surface area (Å²) in [7, 11) is -2.08. The molecule has 0 aromatic heterocycles. The maximum Gasteiger partial charge on any atom is 0.238 e. The van der Waals surface area contributed by atoms with Gasteiger partial charge in [0.1, 0.15) is 0 Å². The maximum atomic E-state index is 11.6. The molecule has 1 amide bonds. The molecule has 7 heteroatoms. The summed E-state index contributed by atoms with van der Waals surface area (Å²) < 4.78 is 22.2. The monoisotopic (exact) mass is 285 g/mol. The van der Waals surface area contributed by atoms with E-state index in [0.29, 0.717) is 6.54 Å². The number of amides is 1. The Morgan fingerprint density at radius 3 is 2.21 bits per heavy atom. The Labute approximate surface area is 113 Å². The second-order valence-electron chi connectivity index (χ2n) is 4.89. The second kappa shape index (κ2) is 5.58. The Morgan fingerprint density at radius 1 is 1.26 bits per heavy atom. The van der Waals surface area contributed by atoms with E-state index >= 15 is 0 Å². The zero-order valence-electron chi connectivity index (χ0n) is 11.2. The molecule has 1 rings (SSSR count). The van der Waals surface area contributed by atoms with Gasteiger partial charge in [-0.25, -0.2) is 13.6 Å². The van der Waals surface area contributed by atoms with Crippen LogP contribution in [0.5, 0.6) is 0 Å². The van der Waals surface area contributed by atoms with Gasteiger partial charge in [0.15, 0.2) is 0 Å². The lowest BCUT2D eigenvalue weighted by Gasteiger charge is -2.23. The number of primary sulfonamides is 1. The number of benzene rings is 1. The van der Waals surface area contributed by atoms with E-state index in [1.807, 2.05) is 13.8 Å². The second-order valence-corrected chi connectivity index (χ2v) is 6.45. The van der Waals surface area contributed by atoms with E-state index in [4.69, 9.17) is 5.14 Å². The highest BCUT2D eigenvalue weighted by molar-refractivity contribution is 7.89. The van der Waals surface area contributed by atoms with Gasteiger partial charge in [-0.15, -0.1) is 0 Å². The molecule has 0 bridgehead atoms. The van der Waals surface area contributed by atoms with Crippen molar-refractivity contribution in [1.29, 1.82) is 0 Å². The third-order valence-electron chi connectivity index (χ3n) is 2.76. The van der Waals surface area contributed by atoms with Crippen molar-refractivity contribution >= 4 is 21.6 Å². The Morgan fingerprint density at radius 2 is 1.79 bits per heavy atom. The molecule has 0 fully saturated rings. The predicted octanol–water partition coefficient (Wildman–Crippen LogP) is 0.518. The molecule has 0 radical (unpaired) electrons. The van der Waals surface area contributed by atoms with Crippen LogP contribution in [0.15, 0.2) is 29.2 Å². The molecule has 0 aliphatic rings. The fourth-order valence-corrected chi connectivity index (χ4v) is 2.02. The first-order valence-corrected chi connectivity index (χ1v) is 7.30. The van der Waals surface area contributed by atoms with Crippen LogP contribution in [-0.4, -0.2) is 27.9 Å². The molecule has 0 heterocycles. The molecule has 1 aromatic carbocycles. The van der Waals surface area contributed by atoms with E-state index in [1.54, 1.807) is 19.2 Å². The summed E-state index contributed by atoms with van der Waals surface area (Å²) in [6.45, 7) is 4.07. The Bertz CT molecular complexity index is 550. The first-order chi connectivity index (χ1) is 8.66. The largest absolute Gasteiger partial charge is 0.384 e. The van der Waals surface area contributed by atoms with Gasteiger partial charge in [0.25, 0.3) is 0 Å². The van der Waals surface area contributed by atoms with Gasteiger partial charge < -0.3 is 10.6 Å². The van der Waals surface area contributed by atoms with Crippen LogP contribution in [0.25, 0.3) is 0 Å². The SMILES string of the molecule is CNC(=O)C(C)(C)CNc1ccc(S(N)(=O)=O)cc1. The van der Waals surface area contributed by atoms with Crippen molar-refractivity contribution in [3.8, 4) is 0 Å². The minimum atomic E-state index is -3.67. The molecule has 0 saturated heterocycles. The summed E-state index contributed by atoms with van der Waals surface area (Å²) in [4.78, 5) is 11.7. The molecule has 1 aromatic rings. The molecule has 6 nitrogen and oxygen atoms in total. The van der Waals surface area contributed by atoms with Gasteiger partial charge in [-0.05, 0) is 38.1 Å². The molecule has 106 valence electrons. The quantitative estimate of drug-likeness (QED) is 0.734. The molecular weight excluding hydrogens is 266 g/mol. The van der Waals surface area contributed by atoms with Gasteiger partial charge in [0.05, 0.1) is 10.3 Å². The summed E-state index contributed by atoms with van der Waals surface area (Å²) >= 11 is 0. The third kappa shape index (κ3) is 4.22. The van der Waals surface area contributed by atoms with Crippen molar-refractivity contribution < 1.29 is 13.2 Å². The minimum absolute atomic E-state index is 0.0589. The van der Waals surface area contributed by atoms with Crippen LogP contribution >= 0.6 is 0 Å². The van der Waals surface area contributed by atoms with E-state index in [0.717, 1.165) is 5.69 Å². The lowest BCUT2D eigenvalue weighted by molar-refractivity contribution is -0.128. The standard InChI is InChI=1S/C12H19N3O3S/c1-12(2,11(16)14-3)8-15-9-4-6-10(7-5-9)19(13,17)18/h4-7,15H,8H2,1-3H3,(H,14,16)(H2,13,17,18). The summed E-state index contributed by atoms with van der Waals surface area (Å²) in [5, 5.41) is 10.7. The number of sulfonamides is 1. The highest BCUT2D eigenvalue weighted by Crippen LogP contribution is 2.18. The van der Waals surface area contributed by atoms with Crippen LogP contribution in [-0.2, 0) is 14.8 Å². The molecule has 0 saturated carbocycles. The van der Waals surface area contributed by atoms with E-state index in [-0.39, 0.29) is 10.8 Å². The number of carbonyl (C=O) groups excluding carboxylic acids is 1. The Balaban J connectivity index is 2.72. The van der Waals surface area contributed by atoms with Crippen LogP contribution < -0.4 is 15.8 Å². The summed E-state index contributed by atoms with van der Waals surface area (Å²) in [5.41, 5.74) is 0.164. The number of nitrogens with two attached hydrogens (primary N) is 1.